The number of halogens is 2. The van der Waals surface area contributed by atoms with E-state index in [-0.39, 0.29) is 11.8 Å². The lowest BCUT2D eigenvalue weighted by molar-refractivity contribution is -0.0498. The van der Waals surface area contributed by atoms with Crippen LogP contribution in [-0.4, -0.2) is 31.9 Å². The molecule has 1 heterocycles. The first-order valence-corrected chi connectivity index (χ1v) is 7.25. The molecular weight excluding hydrogens is 298 g/mol. The number of ether oxygens (including phenoxy) is 2. The Bertz CT molecular complexity index is 520. The van der Waals surface area contributed by atoms with Gasteiger partial charge in [0.15, 0.2) is 0 Å². The van der Waals surface area contributed by atoms with Crippen LogP contribution in [0.4, 0.5) is 8.78 Å². The summed E-state index contributed by atoms with van der Waals surface area (Å²) >= 11 is 1.53. The van der Waals surface area contributed by atoms with Gasteiger partial charge >= 0.3 is 6.61 Å². The molecule has 2 rings (SSSR count). The van der Waals surface area contributed by atoms with Gasteiger partial charge in [-0.2, -0.15) is 8.78 Å². The SMILES string of the molecule is COCCNC(c1ccc(OC(F)F)cc1)c1nccs1. The predicted octanol–water partition coefficient (Wildman–Crippen LogP) is 3.07. The average Bonchev–Trinajstić information content (AvgIpc) is 2.98. The molecule has 1 aromatic carbocycles. The number of thiazole rings is 1. The molecule has 21 heavy (non-hydrogen) atoms. The maximum absolute atomic E-state index is 12.2. The molecular formula is C14H16F2N2O2S. The van der Waals surface area contributed by atoms with Crippen LogP contribution in [0.2, 0.25) is 0 Å². The number of hydrogen-bond donors (Lipinski definition) is 1. The van der Waals surface area contributed by atoms with Crippen molar-refractivity contribution in [2.24, 2.45) is 0 Å². The van der Waals surface area contributed by atoms with Gasteiger partial charge in [-0.1, -0.05) is 12.1 Å². The summed E-state index contributed by atoms with van der Waals surface area (Å²) in [5.74, 6) is 0.142. The Morgan fingerprint density at radius 1 is 1.29 bits per heavy atom. The number of nitrogens with zero attached hydrogens (tertiary/aromatic N) is 1. The van der Waals surface area contributed by atoms with E-state index in [1.54, 1.807) is 25.4 Å². The molecule has 4 nitrogen and oxygen atoms in total. The zero-order chi connectivity index (χ0) is 15.1. The standard InChI is InChI=1S/C14H16F2N2O2S/c1-19-8-6-17-12(13-18-7-9-21-13)10-2-4-11(5-3-10)20-14(15)16/h2-5,7,9,12,14,17H,6,8H2,1H3. The fourth-order valence-electron chi connectivity index (χ4n) is 1.87. The Morgan fingerprint density at radius 3 is 2.62 bits per heavy atom. The minimum Gasteiger partial charge on any atom is -0.435 e. The van der Waals surface area contributed by atoms with Gasteiger partial charge in [0.25, 0.3) is 0 Å². The van der Waals surface area contributed by atoms with E-state index in [9.17, 15) is 8.78 Å². The van der Waals surface area contributed by atoms with Crippen LogP contribution in [0.1, 0.15) is 16.6 Å². The van der Waals surface area contributed by atoms with Gasteiger partial charge in [-0.15, -0.1) is 11.3 Å². The number of nitrogens with one attached hydrogen (secondary N) is 1. The number of benzene rings is 1. The lowest BCUT2D eigenvalue weighted by atomic mass is 10.1. The quantitative estimate of drug-likeness (QED) is 0.761. The molecule has 0 fully saturated rings. The topological polar surface area (TPSA) is 43.4 Å². The van der Waals surface area contributed by atoms with Crippen molar-refractivity contribution in [2.75, 3.05) is 20.3 Å². The van der Waals surface area contributed by atoms with Crippen LogP contribution in [0.15, 0.2) is 35.8 Å². The third kappa shape index (κ3) is 4.73. The molecule has 0 saturated carbocycles. The van der Waals surface area contributed by atoms with Crippen molar-refractivity contribution in [3.05, 3.63) is 46.4 Å². The van der Waals surface area contributed by atoms with E-state index in [2.05, 4.69) is 15.0 Å². The summed E-state index contributed by atoms with van der Waals surface area (Å²) in [4.78, 5) is 4.31. The Morgan fingerprint density at radius 2 is 2.05 bits per heavy atom. The number of rotatable bonds is 8. The monoisotopic (exact) mass is 314 g/mol. The Labute approximate surface area is 125 Å². The zero-order valence-corrected chi connectivity index (χ0v) is 12.3. The van der Waals surface area contributed by atoms with Crippen LogP contribution in [0.25, 0.3) is 0 Å². The Kier molecular flexibility index (Phi) is 6.04. The molecule has 0 spiro atoms. The van der Waals surface area contributed by atoms with Crippen LogP contribution in [0, 0.1) is 0 Å². The van der Waals surface area contributed by atoms with Gasteiger partial charge in [0.1, 0.15) is 10.8 Å². The number of hydrogen-bond acceptors (Lipinski definition) is 5. The van der Waals surface area contributed by atoms with Gasteiger partial charge < -0.3 is 14.8 Å². The molecule has 0 aliphatic rings. The van der Waals surface area contributed by atoms with Crippen molar-refractivity contribution in [1.82, 2.24) is 10.3 Å². The molecule has 0 aliphatic heterocycles. The van der Waals surface area contributed by atoms with Crippen molar-refractivity contribution in [2.45, 2.75) is 12.7 Å². The summed E-state index contributed by atoms with van der Waals surface area (Å²) in [5.41, 5.74) is 0.933. The molecule has 1 atom stereocenters. The predicted molar refractivity (Wildman–Crippen MR) is 76.9 cm³/mol. The lowest BCUT2D eigenvalue weighted by Gasteiger charge is -2.17. The first kappa shape index (κ1) is 15.8. The van der Waals surface area contributed by atoms with Crippen molar-refractivity contribution < 1.29 is 18.3 Å². The van der Waals surface area contributed by atoms with E-state index >= 15 is 0 Å². The van der Waals surface area contributed by atoms with Crippen LogP contribution >= 0.6 is 11.3 Å². The van der Waals surface area contributed by atoms with Gasteiger partial charge in [0.2, 0.25) is 0 Å². The van der Waals surface area contributed by atoms with Gasteiger partial charge in [0, 0.05) is 25.2 Å². The third-order valence-electron chi connectivity index (χ3n) is 2.79. The summed E-state index contributed by atoms with van der Waals surface area (Å²) in [6.07, 6.45) is 1.74. The summed E-state index contributed by atoms with van der Waals surface area (Å²) in [6.45, 7) is -1.57. The molecule has 114 valence electrons. The maximum Gasteiger partial charge on any atom is 0.387 e. The fourth-order valence-corrected chi connectivity index (χ4v) is 2.61. The average molecular weight is 314 g/mol. The highest BCUT2D eigenvalue weighted by Crippen LogP contribution is 2.26. The first-order chi connectivity index (χ1) is 10.2. The molecule has 0 aliphatic carbocycles. The Balaban J connectivity index is 2.12. The molecule has 0 bridgehead atoms. The van der Waals surface area contributed by atoms with Crippen LogP contribution < -0.4 is 10.1 Å². The fraction of sp³-hybridized carbons (Fsp3) is 0.357. The van der Waals surface area contributed by atoms with Crippen LogP contribution in [0.5, 0.6) is 5.75 Å². The molecule has 0 saturated heterocycles. The number of alkyl halides is 2. The highest BCUT2D eigenvalue weighted by Gasteiger charge is 2.16. The van der Waals surface area contributed by atoms with Crippen molar-refractivity contribution in [3.63, 3.8) is 0 Å². The zero-order valence-electron chi connectivity index (χ0n) is 11.5. The normalized spacial score (nSPS) is 12.6. The summed E-state index contributed by atoms with van der Waals surface area (Å²) < 4.78 is 33.7. The highest BCUT2D eigenvalue weighted by molar-refractivity contribution is 7.09. The van der Waals surface area contributed by atoms with Gasteiger partial charge in [-0.3, -0.25) is 0 Å². The third-order valence-corrected chi connectivity index (χ3v) is 3.63. The molecule has 2 aromatic rings. The van der Waals surface area contributed by atoms with Gasteiger partial charge in [0.05, 0.1) is 12.6 Å². The largest absolute Gasteiger partial charge is 0.435 e. The second kappa shape index (κ2) is 8.02. The highest BCUT2D eigenvalue weighted by atomic mass is 32.1. The van der Waals surface area contributed by atoms with E-state index in [0.29, 0.717) is 13.2 Å². The minimum absolute atomic E-state index is 0.0965. The van der Waals surface area contributed by atoms with Crippen molar-refractivity contribution in [1.29, 1.82) is 0 Å². The number of methoxy groups -OCH3 is 1. The molecule has 0 amide bonds. The van der Waals surface area contributed by atoms with E-state index in [1.165, 1.54) is 23.5 Å². The van der Waals surface area contributed by atoms with Crippen molar-refractivity contribution >= 4 is 11.3 Å². The van der Waals surface area contributed by atoms with Crippen LogP contribution in [-0.2, 0) is 4.74 Å². The summed E-state index contributed by atoms with van der Waals surface area (Å²) in [7, 11) is 1.64. The smallest absolute Gasteiger partial charge is 0.387 e. The molecule has 1 N–H and O–H groups in total. The molecule has 1 aromatic heterocycles. The molecule has 0 radical (unpaired) electrons. The summed E-state index contributed by atoms with van der Waals surface area (Å²) in [6, 6.07) is 6.47. The van der Waals surface area contributed by atoms with E-state index in [0.717, 1.165) is 10.6 Å². The minimum atomic E-state index is -2.81. The van der Waals surface area contributed by atoms with Crippen LogP contribution in [0.3, 0.4) is 0 Å². The second-order valence-corrected chi connectivity index (χ2v) is 5.12. The maximum atomic E-state index is 12.2. The Hall–Kier alpha value is -1.57. The lowest BCUT2D eigenvalue weighted by Crippen LogP contribution is -2.25. The van der Waals surface area contributed by atoms with Gasteiger partial charge in [-0.05, 0) is 17.7 Å². The summed E-state index contributed by atoms with van der Waals surface area (Å²) in [5, 5.41) is 6.14. The number of aromatic nitrogens is 1. The van der Waals surface area contributed by atoms with E-state index < -0.39 is 6.61 Å². The second-order valence-electron chi connectivity index (χ2n) is 4.20. The van der Waals surface area contributed by atoms with Gasteiger partial charge in [-0.25, -0.2) is 4.98 Å². The molecule has 7 heteroatoms. The molecule has 1 unspecified atom stereocenters. The van der Waals surface area contributed by atoms with Crippen molar-refractivity contribution in [3.8, 4) is 5.75 Å². The van der Waals surface area contributed by atoms with E-state index in [1.807, 2.05) is 5.38 Å². The van der Waals surface area contributed by atoms with E-state index in [4.69, 9.17) is 4.74 Å². The first-order valence-electron chi connectivity index (χ1n) is 6.37.